The first-order valence-electron chi connectivity index (χ1n) is 8.20. The van der Waals surface area contributed by atoms with E-state index in [1.165, 1.54) is 22.9 Å². The Morgan fingerprint density at radius 2 is 1.96 bits per heavy atom. The number of carbonyl (C=O) groups excluding carboxylic acids is 1. The molecule has 0 aliphatic carbocycles. The topological polar surface area (TPSA) is 87.1 Å². The lowest BCUT2D eigenvalue weighted by atomic mass is 10.2. The standard InChI is InChI=1S/C16H17N7OS2/c24-13(18-15-20-17-11-25-15)10-22-6-8-23(9-7-22)16-19-14(21-26-16)12-4-2-1-3-5-12/h1-5,11H,6-10H2,(H,18,20,24). The predicted molar refractivity (Wildman–Crippen MR) is 103 cm³/mol. The van der Waals surface area contributed by atoms with Crippen LogP contribution < -0.4 is 10.2 Å². The molecule has 1 fully saturated rings. The molecule has 0 bridgehead atoms. The van der Waals surface area contributed by atoms with Crippen molar-refractivity contribution >= 4 is 39.0 Å². The number of hydrogen-bond donors (Lipinski definition) is 1. The van der Waals surface area contributed by atoms with Crippen LogP contribution in [0.5, 0.6) is 0 Å². The quantitative estimate of drug-likeness (QED) is 0.714. The zero-order chi connectivity index (χ0) is 17.8. The number of nitrogens with zero attached hydrogens (tertiary/aromatic N) is 6. The SMILES string of the molecule is O=C(CN1CCN(c2nc(-c3ccccc3)ns2)CC1)Nc1nncs1. The van der Waals surface area contributed by atoms with Gasteiger partial charge < -0.3 is 4.90 Å². The number of carbonyl (C=O) groups is 1. The smallest absolute Gasteiger partial charge is 0.240 e. The molecule has 3 heterocycles. The lowest BCUT2D eigenvalue weighted by molar-refractivity contribution is -0.117. The van der Waals surface area contributed by atoms with Crippen LogP contribution in [0.4, 0.5) is 10.3 Å². The molecule has 0 radical (unpaired) electrons. The maximum atomic E-state index is 12.0. The van der Waals surface area contributed by atoms with E-state index in [0.717, 1.165) is 42.7 Å². The Balaban J connectivity index is 1.30. The molecule has 0 unspecified atom stereocenters. The van der Waals surface area contributed by atoms with Crippen LogP contribution in [0.3, 0.4) is 0 Å². The molecule has 3 aromatic rings. The van der Waals surface area contributed by atoms with Gasteiger partial charge in [-0.1, -0.05) is 41.7 Å². The summed E-state index contributed by atoms with van der Waals surface area (Å²) in [6.07, 6.45) is 0. The number of hydrogen-bond acceptors (Lipinski definition) is 9. The Kier molecular flexibility index (Phi) is 5.14. The second-order valence-corrected chi connectivity index (χ2v) is 7.39. The second-order valence-electron chi connectivity index (χ2n) is 5.82. The van der Waals surface area contributed by atoms with Crippen LogP contribution in [-0.2, 0) is 4.79 Å². The van der Waals surface area contributed by atoms with Crippen molar-refractivity contribution < 1.29 is 4.79 Å². The van der Waals surface area contributed by atoms with E-state index in [0.29, 0.717) is 11.7 Å². The normalized spacial score (nSPS) is 15.2. The highest BCUT2D eigenvalue weighted by Crippen LogP contribution is 2.24. The first kappa shape index (κ1) is 17.0. The van der Waals surface area contributed by atoms with Crippen molar-refractivity contribution in [2.75, 3.05) is 42.9 Å². The number of piperazine rings is 1. The molecule has 4 rings (SSSR count). The van der Waals surface area contributed by atoms with Gasteiger partial charge in [-0.2, -0.15) is 9.36 Å². The minimum atomic E-state index is -0.0579. The molecule has 2 aromatic heterocycles. The van der Waals surface area contributed by atoms with Crippen molar-refractivity contribution in [2.24, 2.45) is 0 Å². The molecule has 1 aromatic carbocycles. The largest absolute Gasteiger partial charge is 0.344 e. The van der Waals surface area contributed by atoms with Crippen molar-refractivity contribution in [3.05, 3.63) is 35.8 Å². The van der Waals surface area contributed by atoms with Gasteiger partial charge in [0.05, 0.1) is 6.54 Å². The van der Waals surface area contributed by atoms with Crippen molar-refractivity contribution in [3.63, 3.8) is 0 Å². The minimum Gasteiger partial charge on any atom is -0.344 e. The molecule has 10 heteroatoms. The van der Waals surface area contributed by atoms with Gasteiger partial charge in [0.15, 0.2) is 5.82 Å². The molecule has 26 heavy (non-hydrogen) atoms. The van der Waals surface area contributed by atoms with Crippen LogP contribution in [0.15, 0.2) is 35.8 Å². The van der Waals surface area contributed by atoms with E-state index in [4.69, 9.17) is 0 Å². The highest BCUT2D eigenvalue weighted by atomic mass is 32.1. The van der Waals surface area contributed by atoms with Gasteiger partial charge in [-0.3, -0.25) is 15.0 Å². The molecule has 0 saturated carbocycles. The third kappa shape index (κ3) is 4.03. The van der Waals surface area contributed by atoms with Crippen molar-refractivity contribution in [1.82, 2.24) is 24.5 Å². The summed E-state index contributed by atoms with van der Waals surface area (Å²) in [6, 6.07) is 9.99. The maximum absolute atomic E-state index is 12.0. The number of benzene rings is 1. The summed E-state index contributed by atoms with van der Waals surface area (Å²) < 4.78 is 4.47. The number of nitrogens with one attached hydrogen (secondary N) is 1. The van der Waals surface area contributed by atoms with E-state index >= 15 is 0 Å². The van der Waals surface area contributed by atoms with Gasteiger partial charge in [0, 0.05) is 43.3 Å². The Morgan fingerprint density at radius 3 is 2.69 bits per heavy atom. The molecule has 1 N–H and O–H groups in total. The monoisotopic (exact) mass is 387 g/mol. The van der Waals surface area contributed by atoms with Gasteiger partial charge in [-0.25, -0.2) is 0 Å². The van der Waals surface area contributed by atoms with Crippen molar-refractivity contribution in [1.29, 1.82) is 0 Å². The Bertz CT molecular complexity index is 845. The van der Waals surface area contributed by atoms with E-state index < -0.39 is 0 Å². The van der Waals surface area contributed by atoms with Crippen molar-refractivity contribution in [2.45, 2.75) is 0 Å². The van der Waals surface area contributed by atoms with E-state index in [2.05, 4.69) is 34.7 Å². The lowest BCUT2D eigenvalue weighted by Crippen LogP contribution is -2.48. The first-order chi connectivity index (χ1) is 12.8. The van der Waals surface area contributed by atoms with E-state index in [-0.39, 0.29) is 5.91 Å². The Hall–Kier alpha value is -2.43. The molecule has 0 spiro atoms. The molecule has 8 nitrogen and oxygen atoms in total. The number of rotatable bonds is 5. The predicted octanol–water partition coefficient (Wildman–Crippen LogP) is 1.82. The fraction of sp³-hybridized carbons (Fsp3) is 0.312. The van der Waals surface area contributed by atoms with Gasteiger partial charge in [0.2, 0.25) is 16.2 Å². The molecular weight excluding hydrogens is 370 g/mol. The van der Waals surface area contributed by atoms with Gasteiger partial charge in [-0.15, -0.1) is 10.2 Å². The van der Waals surface area contributed by atoms with Gasteiger partial charge in [0.1, 0.15) is 5.51 Å². The average Bonchev–Trinajstić information content (AvgIpc) is 3.35. The molecule has 134 valence electrons. The van der Waals surface area contributed by atoms with Gasteiger partial charge >= 0.3 is 0 Å². The molecule has 1 aliphatic heterocycles. The fourth-order valence-corrected chi connectivity index (χ4v) is 3.94. The Labute approximate surface area is 158 Å². The van der Waals surface area contributed by atoms with E-state index in [1.807, 2.05) is 30.3 Å². The van der Waals surface area contributed by atoms with Crippen LogP contribution in [0.1, 0.15) is 0 Å². The van der Waals surface area contributed by atoms with Crippen LogP contribution in [-0.4, -0.2) is 63.1 Å². The molecule has 1 amide bonds. The summed E-state index contributed by atoms with van der Waals surface area (Å²) in [5, 5.41) is 11.8. The third-order valence-corrected chi connectivity index (χ3v) is 5.45. The average molecular weight is 387 g/mol. The molecule has 0 atom stereocenters. The van der Waals surface area contributed by atoms with Crippen molar-refractivity contribution in [3.8, 4) is 11.4 Å². The highest BCUT2D eigenvalue weighted by molar-refractivity contribution is 7.13. The minimum absolute atomic E-state index is 0.0579. The summed E-state index contributed by atoms with van der Waals surface area (Å²) in [5.41, 5.74) is 2.63. The Morgan fingerprint density at radius 1 is 1.15 bits per heavy atom. The fourth-order valence-electron chi connectivity index (χ4n) is 2.74. The van der Waals surface area contributed by atoms with Gasteiger partial charge in [-0.05, 0) is 0 Å². The first-order valence-corrected chi connectivity index (χ1v) is 9.86. The van der Waals surface area contributed by atoms with Crippen LogP contribution in [0, 0.1) is 0 Å². The second kappa shape index (κ2) is 7.85. The lowest BCUT2D eigenvalue weighted by Gasteiger charge is -2.33. The summed E-state index contributed by atoms with van der Waals surface area (Å²) in [7, 11) is 0. The summed E-state index contributed by atoms with van der Waals surface area (Å²) in [4.78, 5) is 21.1. The van der Waals surface area contributed by atoms with Crippen LogP contribution in [0.2, 0.25) is 0 Å². The van der Waals surface area contributed by atoms with Crippen LogP contribution in [0.25, 0.3) is 11.4 Å². The molecular formula is C16H17N7OS2. The molecule has 1 saturated heterocycles. The summed E-state index contributed by atoms with van der Waals surface area (Å²) in [5.74, 6) is 0.710. The van der Waals surface area contributed by atoms with E-state index in [9.17, 15) is 4.79 Å². The number of aromatic nitrogens is 4. The third-order valence-electron chi connectivity index (χ3n) is 4.06. The number of anilines is 2. The maximum Gasteiger partial charge on any atom is 0.240 e. The van der Waals surface area contributed by atoms with E-state index in [1.54, 1.807) is 5.51 Å². The van der Waals surface area contributed by atoms with Crippen LogP contribution >= 0.6 is 22.9 Å². The zero-order valence-corrected chi connectivity index (χ0v) is 15.5. The molecule has 1 aliphatic rings. The highest BCUT2D eigenvalue weighted by Gasteiger charge is 2.22. The number of amides is 1. The van der Waals surface area contributed by atoms with Gasteiger partial charge in [0.25, 0.3) is 0 Å². The summed E-state index contributed by atoms with van der Waals surface area (Å²) >= 11 is 2.74. The summed E-state index contributed by atoms with van der Waals surface area (Å²) in [6.45, 7) is 3.64. The zero-order valence-electron chi connectivity index (χ0n) is 13.9.